The number of hydrogen-bond donors (Lipinski definition) is 1. The van der Waals surface area contributed by atoms with Crippen molar-refractivity contribution in [2.75, 3.05) is 0 Å². The van der Waals surface area contributed by atoms with Gasteiger partial charge < -0.3 is 5.73 Å². The SMILES string of the molecule is C[C@@H](N)[C@@H]1C[C@@H]1c1cc(F)ccc1F. The summed E-state index contributed by atoms with van der Waals surface area (Å²) in [6, 6.07) is 3.66. The highest BCUT2D eigenvalue weighted by molar-refractivity contribution is 5.28. The van der Waals surface area contributed by atoms with Crippen LogP contribution in [-0.2, 0) is 0 Å². The highest BCUT2D eigenvalue weighted by Gasteiger charge is 2.42. The van der Waals surface area contributed by atoms with Crippen molar-refractivity contribution in [2.24, 2.45) is 11.7 Å². The lowest BCUT2D eigenvalue weighted by molar-refractivity contribution is 0.572. The molecular formula is C11H13F2N. The third kappa shape index (κ3) is 1.64. The largest absolute Gasteiger partial charge is 0.328 e. The van der Waals surface area contributed by atoms with Crippen LogP contribution in [0.4, 0.5) is 8.78 Å². The smallest absolute Gasteiger partial charge is 0.126 e. The summed E-state index contributed by atoms with van der Waals surface area (Å²) in [4.78, 5) is 0. The highest BCUT2D eigenvalue weighted by atomic mass is 19.1. The van der Waals surface area contributed by atoms with Crippen LogP contribution >= 0.6 is 0 Å². The molecule has 0 unspecified atom stereocenters. The summed E-state index contributed by atoms with van der Waals surface area (Å²) in [5, 5.41) is 0. The Kier molecular flexibility index (Phi) is 2.27. The first-order chi connectivity index (χ1) is 6.59. The Bertz CT molecular complexity index is 349. The van der Waals surface area contributed by atoms with Crippen molar-refractivity contribution in [3.05, 3.63) is 35.4 Å². The molecule has 76 valence electrons. The Balaban J connectivity index is 2.22. The fourth-order valence-corrected chi connectivity index (χ4v) is 1.95. The van der Waals surface area contributed by atoms with Crippen LogP contribution in [0.25, 0.3) is 0 Å². The average molecular weight is 197 g/mol. The zero-order valence-electron chi connectivity index (χ0n) is 8.00. The molecule has 1 aromatic carbocycles. The molecular weight excluding hydrogens is 184 g/mol. The molecule has 1 aliphatic carbocycles. The van der Waals surface area contributed by atoms with Crippen LogP contribution in [0.2, 0.25) is 0 Å². The second kappa shape index (κ2) is 3.31. The molecule has 0 heterocycles. The molecule has 1 aromatic rings. The number of nitrogens with two attached hydrogens (primary N) is 1. The van der Waals surface area contributed by atoms with Gasteiger partial charge in [-0.05, 0) is 48.9 Å². The minimum absolute atomic E-state index is 0.0580. The van der Waals surface area contributed by atoms with Crippen LogP contribution in [0.3, 0.4) is 0 Å². The van der Waals surface area contributed by atoms with Crippen molar-refractivity contribution in [1.82, 2.24) is 0 Å². The standard InChI is InChI=1S/C11H13F2N/c1-6(14)8-5-9(8)10-4-7(12)2-3-11(10)13/h2-4,6,8-9H,5,14H2,1H3/t6-,8+,9+/m1/s1. The zero-order chi connectivity index (χ0) is 10.3. The quantitative estimate of drug-likeness (QED) is 0.774. The van der Waals surface area contributed by atoms with E-state index in [1.165, 1.54) is 12.1 Å². The van der Waals surface area contributed by atoms with E-state index in [-0.39, 0.29) is 23.6 Å². The number of rotatable bonds is 2. The summed E-state index contributed by atoms with van der Waals surface area (Å²) >= 11 is 0. The van der Waals surface area contributed by atoms with Gasteiger partial charge in [0, 0.05) is 6.04 Å². The van der Waals surface area contributed by atoms with Crippen molar-refractivity contribution in [3.63, 3.8) is 0 Å². The zero-order valence-corrected chi connectivity index (χ0v) is 8.00. The fourth-order valence-electron chi connectivity index (χ4n) is 1.95. The normalized spacial score (nSPS) is 27.4. The highest BCUT2D eigenvalue weighted by Crippen LogP contribution is 2.49. The summed E-state index contributed by atoms with van der Waals surface area (Å²) in [6.07, 6.45) is 0.873. The van der Waals surface area contributed by atoms with Crippen LogP contribution in [0, 0.1) is 17.6 Å². The molecule has 0 radical (unpaired) electrons. The van der Waals surface area contributed by atoms with E-state index < -0.39 is 0 Å². The number of benzene rings is 1. The van der Waals surface area contributed by atoms with Gasteiger partial charge in [-0.15, -0.1) is 0 Å². The molecule has 0 saturated heterocycles. The average Bonchev–Trinajstić information content (AvgIpc) is 2.88. The fraction of sp³-hybridized carbons (Fsp3) is 0.455. The van der Waals surface area contributed by atoms with Crippen molar-refractivity contribution < 1.29 is 8.78 Å². The minimum Gasteiger partial charge on any atom is -0.328 e. The van der Waals surface area contributed by atoms with E-state index in [0.29, 0.717) is 11.5 Å². The van der Waals surface area contributed by atoms with Crippen LogP contribution in [0.1, 0.15) is 24.8 Å². The third-order valence-electron chi connectivity index (χ3n) is 2.87. The summed E-state index contributed by atoms with van der Waals surface area (Å²) in [5.74, 6) is -0.270. The molecule has 3 heteroatoms. The van der Waals surface area contributed by atoms with E-state index in [9.17, 15) is 8.78 Å². The second-order valence-corrected chi connectivity index (χ2v) is 4.03. The predicted octanol–water partition coefficient (Wildman–Crippen LogP) is 2.42. The van der Waals surface area contributed by atoms with Gasteiger partial charge in [-0.25, -0.2) is 8.78 Å². The van der Waals surface area contributed by atoms with Gasteiger partial charge in [0.1, 0.15) is 11.6 Å². The number of hydrogen-bond acceptors (Lipinski definition) is 1. The molecule has 0 spiro atoms. The van der Waals surface area contributed by atoms with Gasteiger partial charge in [0.15, 0.2) is 0 Å². The lowest BCUT2D eigenvalue weighted by Gasteiger charge is -2.05. The predicted molar refractivity (Wildman–Crippen MR) is 50.9 cm³/mol. The van der Waals surface area contributed by atoms with E-state index in [0.717, 1.165) is 12.5 Å². The molecule has 2 N–H and O–H groups in total. The summed E-state index contributed by atoms with van der Waals surface area (Å²) in [6.45, 7) is 1.90. The topological polar surface area (TPSA) is 26.0 Å². The molecule has 1 saturated carbocycles. The molecule has 14 heavy (non-hydrogen) atoms. The van der Waals surface area contributed by atoms with E-state index in [1.807, 2.05) is 6.92 Å². The Labute approximate surface area is 81.9 Å². The summed E-state index contributed by atoms with van der Waals surface area (Å²) in [7, 11) is 0. The minimum atomic E-state index is -0.378. The molecule has 1 nitrogen and oxygen atoms in total. The monoisotopic (exact) mass is 197 g/mol. The molecule has 0 amide bonds. The maximum atomic E-state index is 13.3. The summed E-state index contributed by atoms with van der Waals surface area (Å²) < 4.78 is 26.2. The van der Waals surface area contributed by atoms with Gasteiger partial charge in [0.25, 0.3) is 0 Å². The van der Waals surface area contributed by atoms with Crippen LogP contribution in [-0.4, -0.2) is 6.04 Å². The van der Waals surface area contributed by atoms with Crippen LogP contribution < -0.4 is 5.73 Å². The molecule has 1 aliphatic rings. The van der Waals surface area contributed by atoms with Gasteiger partial charge in [0.2, 0.25) is 0 Å². The number of halogens is 2. The third-order valence-corrected chi connectivity index (χ3v) is 2.87. The molecule has 0 aliphatic heterocycles. The summed E-state index contributed by atoms with van der Waals surface area (Å²) in [5.41, 5.74) is 6.18. The van der Waals surface area contributed by atoms with Gasteiger partial charge in [-0.1, -0.05) is 0 Å². The Morgan fingerprint density at radius 1 is 1.43 bits per heavy atom. The molecule has 1 fully saturated rings. The lowest BCUT2D eigenvalue weighted by Crippen LogP contribution is -2.18. The lowest BCUT2D eigenvalue weighted by atomic mass is 10.1. The molecule has 3 atom stereocenters. The second-order valence-electron chi connectivity index (χ2n) is 4.03. The first-order valence-corrected chi connectivity index (χ1v) is 4.80. The van der Waals surface area contributed by atoms with Crippen molar-refractivity contribution in [2.45, 2.75) is 25.3 Å². The van der Waals surface area contributed by atoms with E-state index in [2.05, 4.69) is 0 Å². The molecule has 0 aromatic heterocycles. The van der Waals surface area contributed by atoms with Gasteiger partial charge in [-0.3, -0.25) is 0 Å². The maximum Gasteiger partial charge on any atom is 0.126 e. The Morgan fingerprint density at radius 2 is 2.14 bits per heavy atom. The van der Waals surface area contributed by atoms with Crippen molar-refractivity contribution >= 4 is 0 Å². The maximum absolute atomic E-state index is 13.3. The van der Waals surface area contributed by atoms with Gasteiger partial charge >= 0.3 is 0 Å². The van der Waals surface area contributed by atoms with E-state index in [4.69, 9.17) is 5.73 Å². The van der Waals surface area contributed by atoms with Crippen LogP contribution in [0.5, 0.6) is 0 Å². The molecule has 2 rings (SSSR count). The van der Waals surface area contributed by atoms with Gasteiger partial charge in [0.05, 0.1) is 0 Å². The van der Waals surface area contributed by atoms with Crippen molar-refractivity contribution in [1.29, 1.82) is 0 Å². The van der Waals surface area contributed by atoms with Crippen molar-refractivity contribution in [3.8, 4) is 0 Å². The molecule has 0 bridgehead atoms. The van der Waals surface area contributed by atoms with Gasteiger partial charge in [-0.2, -0.15) is 0 Å². The first-order valence-electron chi connectivity index (χ1n) is 4.80. The Hall–Kier alpha value is -0.960. The van der Waals surface area contributed by atoms with E-state index >= 15 is 0 Å². The van der Waals surface area contributed by atoms with Crippen LogP contribution in [0.15, 0.2) is 18.2 Å². The van der Waals surface area contributed by atoms with E-state index in [1.54, 1.807) is 0 Å². The first kappa shape index (κ1) is 9.59. The Morgan fingerprint density at radius 3 is 2.71 bits per heavy atom.